The number of carbonyl (C=O) groups excluding carboxylic acids is 1. The molecule has 0 bridgehead atoms. The van der Waals surface area contributed by atoms with Crippen molar-refractivity contribution in [1.29, 1.82) is 0 Å². The number of nitrogens with one attached hydrogen (secondary N) is 2. The number of rotatable bonds is 9. The Balaban J connectivity index is 2.18. The second-order valence-corrected chi connectivity index (χ2v) is 6.28. The fourth-order valence-corrected chi connectivity index (χ4v) is 2.70. The first-order valence-electron chi connectivity index (χ1n) is 8.30. The number of aromatic amines is 1. The van der Waals surface area contributed by atoms with E-state index in [1.807, 2.05) is 0 Å². The van der Waals surface area contributed by atoms with Crippen LogP contribution in [0.15, 0.2) is 22.1 Å². The van der Waals surface area contributed by atoms with Crippen LogP contribution in [0.1, 0.15) is 19.5 Å². The lowest BCUT2D eigenvalue weighted by atomic mass is 10.2. The van der Waals surface area contributed by atoms with E-state index in [0.29, 0.717) is 0 Å². The van der Waals surface area contributed by atoms with E-state index in [9.17, 15) is 19.7 Å². The molecule has 1 aromatic carbocycles. The first-order chi connectivity index (χ1) is 13.3. The Kier molecular flexibility index (Phi) is 7.32. The highest BCUT2D eigenvalue weighted by atomic mass is 32.2. The van der Waals surface area contributed by atoms with Crippen LogP contribution in [0.4, 0.5) is 11.4 Å². The quantitative estimate of drug-likeness (QED) is 0.360. The molecule has 0 spiro atoms. The normalized spacial score (nSPS) is 10.4. The Morgan fingerprint density at radius 1 is 1.25 bits per heavy atom. The van der Waals surface area contributed by atoms with Gasteiger partial charge in [0.25, 0.3) is 5.56 Å². The molecule has 2 aromatic rings. The number of aryl methyl sites for hydroxylation is 1. The summed E-state index contributed by atoms with van der Waals surface area (Å²) in [5.41, 5.74) is -0.173. The second-order valence-electron chi connectivity index (χ2n) is 5.32. The molecule has 2 N–H and O–H groups in total. The van der Waals surface area contributed by atoms with Gasteiger partial charge in [-0.3, -0.25) is 24.7 Å². The van der Waals surface area contributed by atoms with Crippen molar-refractivity contribution < 1.29 is 19.2 Å². The Bertz CT molecular complexity index is 932. The molecule has 150 valence electrons. The molecule has 1 aromatic heterocycles. The summed E-state index contributed by atoms with van der Waals surface area (Å²) in [6, 6.07) is 2.56. The van der Waals surface area contributed by atoms with Crippen LogP contribution >= 0.6 is 11.8 Å². The van der Waals surface area contributed by atoms with Crippen LogP contribution in [0.3, 0.4) is 0 Å². The van der Waals surface area contributed by atoms with E-state index in [1.165, 1.54) is 19.1 Å². The third-order valence-electron chi connectivity index (χ3n) is 3.31. The van der Waals surface area contributed by atoms with Gasteiger partial charge in [-0.25, -0.2) is 0 Å². The first kappa shape index (κ1) is 21.2. The largest absolute Gasteiger partial charge is 0.491 e. The topological polar surface area (TPSA) is 149 Å². The molecule has 0 unspecified atom stereocenters. The van der Waals surface area contributed by atoms with Gasteiger partial charge >= 0.3 is 5.69 Å². The van der Waals surface area contributed by atoms with Crippen molar-refractivity contribution in [3.8, 4) is 11.5 Å². The molecule has 2 rings (SSSR count). The molecule has 12 heteroatoms. The molecule has 0 saturated heterocycles. The molecule has 11 nitrogen and oxygen atoms in total. The molecule has 28 heavy (non-hydrogen) atoms. The zero-order chi connectivity index (χ0) is 20.7. The van der Waals surface area contributed by atoms with Crippen molar-refractivity contribution in [2.75, 3.05) is 24.3 Å². The van der Waals surface area contributed by atoms with Gasteiger partial charge < -0.3 is 14.8 Å². The van der Waals surface area contributed by atoms with E-state index >= 15 is 0 Å². The van der Waals surface area contributed by atoms with Gasteiger partial charge in [-0.2, -0.15) is 0 Å². The zero-order valence-corrected chi connectivity index (χ0v) is 16.3. The molecular formula is C16H19N5O6S. The fraction of sp³-hybridized carbons (Fsp3) is 0.375. The Morgan fingerprint density at radius 3 is 2.54 bits per heavy atom. The summed E-state index contributed by atoms with van der Waals surface area (Å²) in [7, 11) is 0. The van der Waals surface area contributed by atoms with Crippen molar-refractivity contribution in [3.05, 3.63) is 38.3 Å². The number of nitrogens with zero attached hydrogens (tertiary/aromatic N) is 3. The van der Waals surface area contributed by atoms with Crippen LogP contribution in [-0.2, 0) is 4.79 Å². The van der Waals surface area contributed by atoms with Crippen LogP contribution in [0.5, 0.6) is 11.5 Å². The maximum atomic E-state index is 12.3. The number of hydrogen-bond donors (Lipinski definition) is 2. The molecule has 0 aliphatic rings. The van der Waals surface area contributed by atoms with Crippen LogP contribution in [0.25, 0.3) is 0 Å². The summed E-state index contributed by atoms with van der Waals surface area (Å²) in [5.74, 6) is -0.321. The van der Waals surface area contributed by atoms with Crippen LogP contribution in [0.2, 0.25) is 0 Å². The molecule has 0 aliphatic heterocycles. The highest BCUT2D eigenvalue weighted by Gasteiger charge is 2.21. The summed E-state index contributed by atoms with van der Waals surface area (Å²) in [6.45, 7) is 5.40. The minimum atomic E-state index is -0.582. The van der Waals surface area contributed by atoms with E-state index in [4.69, 9.17) is 9.47 Å². The molecule has 1 heterocycles. The molecule has 0 radical (unpaired) electrons. The van der Waals surface area contributed by atoms with Crippen molar-refractivity contribution in [2.24, 2.45) is 0 Å². The van der Waals surface area contributed by atoms with Gasteiger partial charge in [0.15, 0.2) is 10.9 Å². The minimum absolute atomic E-state index is 0.0210. The molecule has 0 aliphatic carbocycles. The number of amides is 1. The Morgan fingerprint density at radius 2 is 1.93 bits per heavy atom. The van der Waals surface area contributed by atoms with Gasteiger partial charge in [0.05, 0.1) is 35.6 Å². The zero-order valence-electron chi connectivity index (χ0n) is 15.5. The van der Waals surface area contributed by atoms with Gasteiger partial charge in [0.2, 0.25) is 5.91 Å². The monoisotopic (exact) mass is 409 g/mol. The van der Waals surface area contributed by atoms with Crippen molar-refractivity contribution >= 4 is 29.0 Å². The maximum absolute atomic E-state index is 12.3. The molecular weight excluding hydrogens is 390 g/mol. The van der Waals surface area contributed by atoms with Crippen LogP contribution in [0, 0.1) is 17.0 Å². The molecule has 0 atom stereocenters. The standard InChI is InChI=1S/C16H19N5O6S/c1-4-26-12-7-11(21(24)25)13(27-5-2)6-10(12)17-14(22)8-28-16-18-15(23)9(3)19-20-16/h6-7H,4-5,8H2,1-3H3,(H,17,22)(H,18,20,23). The summed E-state index contributed by atoms with van der Waals surface area (Å²) >= 11 is 0.991. The van der Waals surface area contributed by atoms with Gasteiger partial charge in [-0.05, 0) is 20.8 Å². The van der Waals surface area contributed by atoms with Crippen molar-refractivity contribution in [1.82, 2.24) is 15.2 Å². The minimum Gasteiger partial charge on any atom is -0.491 e. The first-order valence-corrected chi connectivity index (χ1v) is 9.28. The number of thioether (sulfide) groups is 1. The lowest BCUT2D eigenvalue weighted by molar-refractivity contribution is -0.385. The van der Waals surface area contributed by atoms with Crippen LogP contribution < -0.4 is 20.3 Å². The summed E-state index contributed by atoms with van der Waals surface area (Å²) < 4.78 is 10.7. The SMILES string of the molecule is CCOc1cc([N+](=O)[O-])c(OCC)cc1NC(=O)CSc1nnc(C)c(=O)[nH]1. The van der Waals surface area contributed by atoms with E-state index in [-0.39, 0.29) is 58.3 Å². The lowest BCUT2D eigenvalue weighted by Crippen LogP contribution is -2.18. The highest BCUT2D eigenvalue weighted by Crippen LogP contribution is 2.38. The number of benzene rings is 1. The van der Waals surface area contributed by atoms with E-state index in [0.717, 1.165) is 11.8 Å². The number of H-pyrrole nitrogens is 1. The van der Waals surface area contributed by atoms with Crippen LogP contribution in [-0.4, -0.2) is 45.0 Å². The van der Waals surface area contributed by atoms with E-state index in [2.05, 4.69) is 20.5 Å². The van der Waals surface area contributed by atoms with Gasteiger partial charge in [0.1, 0.15) is 11.4 Å². The Hall–Kier alpha value is -3.15. The number of aromatic nitrogens is 3. The predicted octanol–water partition coefficient (Wildman–Crippen LogP) is 1.91. The maximum Gasteiger partial charge on any atom is 0.314 e. The van der Waals surface area contributed by atoms with E-state index < -0.39 is 10.8 Å². The summed E-state index contributed by atoms with van der Waals surface area (Å²) in [6.07, 6.45) is 0. The average molecular weight is 409 g/mol. The number of anilines is 1. The highest BCUT2D eigenvalue weighted by molar-refractivity contribution is 7.99. The predicted molar refractivity (Wildman–Crippen MR) is 102 cm³/mol. The third kappa shape index (κ3) is 5.42. The third-order valence-corrected chi connectivity index (χ3v) is 4.18. The van der Waals surface area contributed by atoms with Gasteiger partial charge in [0, 0.05) is 6.07 Å². The van der Waals surface area contributed by atoms with Crippen molar-refractivity contribution in [2.45, 2.75) is 25.9 Å². The molecule has 0 fully saturated rings. The number of ether oxygens (including phenoxy) is 2. The fourth-order valence-electron chi connectivity index (χ4n) is 2.10. The number of nitro benzene ring substituents is 1. The number of nitro groups is 1. The van der Waals surface area contributed by atoms with Crippen molar-refractivity contribution in [3.63, 3.8) is 0 Å². The Labute approximate surface area is 164 Å². The van der Waals surface area contributed by atoms with E-state index in [1.54, 1.807) is 13.8 Å². The smallest absolute Gasteiger partial charge is 0.314 e. The number of carbonyl (C=O) groups is 1. The average Bonchev–Trinajstić information content (AvgIpc) is 2.64. The lowest BCUT2D eigenvalue weighted by Gasteiger charge is -2.14. The second kappa shape index (κ2) is 9.69. The van der Waals surface area contributed by atoms with Gasteiger partial charge in [-0.1, -0.05) is 11.8 Å². The summed E-state index contributed by atoms with van der Waals surface area (Å²) in [5, 5.41) is 21.5. The van der Waals surface area contributed by atoms with Gasteiger partial charge in [-0.15, -0.1) is 10.2 Å². The molecule has 0 saturated carbocycles. The molecule has 1 amide bonds. The number of hydrogen-bond acceptors (Lipinski definition) is 9. The summed E-state index contributed by atoms with van der Waals surface area (Å²) in [4.78, 5) is 37.0.